The summed E-state index contributed by atoms with van der Waals surface area (Å²) in [6.45, 7) is 0. The van der Waals surface area contributed by atoms with Gasteiger partial charge < -0.3 is 5.11 Å². The van der Waals surface area contributed by atoms with Crippen LogP contribution in [0, 0.1) is 0 Å². The fourth-order valence-corrected chi connectivity index (χ4v) is 3.05. The van der Waals surface area contributed by atoms with Crippen molar-refractivity contribution in [3.05, 3.63) is 70.7 Å². The van der Waals surface area contributed by atoms with Crippen LogP contribution in [-0.2, 0) is 9.59 Å². The summed E-state index contributed by atoms with van der Waals surface area (Å²) in [4.78, 5) is 23.3. The van der Waals surface area contributed by atoms with E-state index in [1.165, 1.54) is 5.01 Å². The van der Waals surface area contributed by atoms with Crippen LogP contribution in [-0.4, -0.2) is 27.7 Å². The smallest absolute Gasteiger partial charge is 0.303 e. The number of hydrogen-bond acceptors (Lipinski definition) is 3. The number of carboxylic acids is 1. The molecule has 0 bridgehead atoms. The Morgan fingerprint density at radius 2 is 1.88 bits per heavy atom. The molecule has 2 aromatic rings. The summed E-state index contributed by atoms with van der Waals surface area (Å²) in [5.74, 6) is -1.31. The van der Waals surface area contributed by atoms with Crippen molar-refractivity contribution < 1.29 is 14.7 Å². The van der Waals surface area contributed by atoms with E-state index in [4.69, 9.17) is 16.7 Å². The maximum absolute atomic E-state index is 12.5. The molecule has 1 aliphatic heterocycles. The second-order valence-corrected chi connectivity index (χ2v) is 6.26. The third kappa shape index (κ3) is 4.06. The van der Waals surface area contributed by atoms with Gasteiger partial charge in [0.1, 0.15) is 0 Å². The maximum Gasteiger partial charge on any atom is 0.303 e. The van der Waals surface area contributed by atoms with Crippen LogP contribution in [0.1, 0.15) is 36.4 Å². The molecule has 0 aliphatic carbocycles. The number of nitrogens with zero attached hydrogens (tertiary/aromatic N) is 2. The van der Waals surface area contributed by atoms with Crippen molar-refractivity contribution in [2.75, 3.05) is 0 Å². The molecule has 1 atom stereocenters. The molecule has 1 heterocycles. The van der Waals surface area contributed by atoms with E-state index >= 15 is 0 Å². The predicted molar refractivity (Wildman–Crippen MR) is 95.5 cm³/mol. The van der Waals surface area contributed by atoms with E-state index in [2.05, 4.69) is 5.10 Å². The molecule has 0 fully saturated rings. The minimum atomic E-state index is -1.00. The summed E-state index contributed by atoms with van der Waals surface area (Å²) in [5.41, 5.74) is 2.63. The van der Waals surface area contributed by atoms with Crippen molar-refractivity contribution in [3.63, 3.8) is 0 Å². The summed E-state index contributed by atoms with van der Waals surface area (Å²) >= 11 is 6.09. The number of halogens is 1. The highest BCUT2D eigenvalue weighted by Gasteiger charge is 2.33. The van der Waals surface area contributed by atoms with Crippen molar-refractivity contribution in [1.82, 2.24) is 5.01 Å². The van der Waals surface area contributed by atoms with E-state index in [0.29, 0.717) is 11.4 Å². The first kappa shape index (κ1) is 17.2. The molecule has 0 spiro atoms. The highest BCUT2D eigenvalue weighted by Crippen LogP contribution is 2.34. The van der Waals surface area contributed by atoms with Gasteiger partial charge in [-0.25, -0.2) is 5.01 Å². The quantitative estimate of drug-likeness (QED) is 0.883. The van der Waals surface area contributed by atoms with Crippen LogP contribution in [0.25, 0.3) is 0 Å². The van der Waals surface area contributed by atoms with Crippen LogP contribution in [0.5, 0.6) is 0 Å². The molecule has 1 aliphatic rings. The zero-order chi connectivity index (χ0) is 17.8. The second kappa shape index (κ2) is 7.49. The van der Waals surface area contributed by atoms with Gasteiger partial charge in [0.2, 0.25) is 5.91 Å². The molecule has 128 valence electrons. The van der Waals surface area contributed by atoms with Crippen molar-refractivity contribution in [1.29, 1.82) is 0 Å². The number of hydrogen-bond donors (Lipinski definition) is 1. The van der Waals surface area contributed by atoms with Crippen LogP contribution in [0.4, 0.5) is 0 Å². The molecule has 25 heavy (non-hydrogen) atoms. The number of carbonyl (C=O) groups excluding carboxylic acids is 1. The molecule has 3 rings (SSSR count). The SMILES string of the molecule is O=C(O)CCC(=O)N1N=C(c2ccccc2)C[C@H]1c1cccc(Cl)c1. The number of benzene rings is 2. The number of carboxylic acid groups (broad SMARTS) is 1. The largest absolute Gasteiger partial charge is 0.481 e. The van der Waals surface area contributed by atoms with Crippen LogP contribution in [0.15, 0.2) is 59.7 Å². The maximum atomic E-state index is 12.5. The average molecular weight is 357 g/mol. The predicted octanol–water partition coefficient (Wildman–Crippen LogP) is 3.88. The monoisotopic (exact) mass is 356 g/mol. The Bertz CT molecular complexity index is 820. The van der Waals surface area contributed by atoms with E-state index in [0.717, 1.165) is 16.8 Å². The summed E-state index contributed by atoms with van der Waals surface area (Å²) < 4.78 is 0. The molecule has 0 aromatic heterocycles. The lowest BCUT2D eigenvalue weighted by Gasteiger charge is -2.22. The zero-order valence-corrected chi connectivity index (χ0v) is 14.2. The van der Waals surface area contributed by atoms with Crippen LogP contribution < -0.4 is 0 Å². The van der Waals surface area contributed by atoms with Crippen LogP contribution >= 0.6 is 11.6 Å². The first-order chi connectivity index (χ1) is 12.0. The summed E-state index contributed by atoms with van der Waals surface area (Å²) in [7, 11) is 0. The summed E-state index contributed by atoms with van der Waals surface area (Å²) in [5, 5.41) is 15.3. The van der Waals surface area contributed by atoms with Gasteiger partial charge in [-0.3, -0.25) is 9.59 Å². The highest BCUT2D eigenvalue weighted by atomic mass is 35.5. The highest BCUT2D eigenvalue weighted by molar-refractivity contribution is 6.30. The van der Waals surface area contributed by atoms with Crippen LogP contribution in [0.3, 0.4) is 0 Å². The average Bonchev–Trinajstić information content (AvgIpc) is 3.06. The molecule has 2 aromatic carbocycles. The number of carbonyl (C=O) groups is 2. The standard InChI is InChI=1S/C19H17ClN2O3/c20-15-8-4-7-14(11-15)17-12-16(13-5-2-1-3-6-13)21-22(17)18(23)9-10-19(24)25/h1-8,11,17H,9-10,12H2,(H,24,25)/t17-/m0/s1. The van der Waals surface area contributed by atoms with Crippen LogP contribution in [0.2, 0.25) is 5.02 Å². The molecule has 0 saturated carbocycles. The van der Waals surface area contributed by atoms with E-state index in [1.54, 1.807) is 6.07 Å². The van der Waals surface area contributed by atoms with Gasteiger partial charge in [-0.15, -0.1) is 0 Å². The van der Waals surface area contributed by atoms with E-state index in [9.17, 15) is 9.59 Å². The van der Waals surface area contributed by atoms with Crippen molar-refractivity contribution in [3.8, 4) is 0 Å². The fourth-order valence-electron chi connectivity index (χ4n) is 2.85. The Morgan fingerprint density at radius 3 is 2.56 bits per heavy atom. The molecule has 0 saturated heterocycles. The molecule has 1 N–H and O–H groups in total. The lowest BCUT2D eigenvalue weighted by atomic mass is 9.98. The third-order valence-corrected chi connectivity index (χ3v) is 4.29. The Balaban J connectivity index is 1.90. The van der Waals surface area contributed by atoms with Gasteiger partial charge in [-0.2, -0.15) is 5.10 Å². The molecule has 6 heteroatoms. The van der Waals surface area contributed by atoms with E-state index in [1.807, 2.05) is 48.5 Å². The zero-order valence-electron chi connectivity index (χ0n) is 13.4. The van der Waals surface area contributed by atoms with Crippen molar-refractivity contribution in [2.45, 2.75) is 25.3 Å². The van der Waals surface area contributed by atoms with Gasteiger partial charge in [0.15, 0.2) is 0 Å². The van der Waals surface area contributed by atoms with Gasteiger partial charge >= 0.3 is 5.97 Å². The minimum absolute atomic E-state index is 0.0853. The summed E-state index contributed by atoms with van der Waals surface area (Å²) in [6, 6.07) is 16.7. The lowest BCUT2D eigenvalue weighted by molar-refractivity contribution is -0.141. The van der Waals surface area contributed by atoms with E-state index < -0.39 is 5.97 Å². The number of hydrazone groups is 1. The lowest BCUT2D eigenvalue weighted by Crippen LogP contribution is -2.27. The number of aliphatic carboxylic acids is 1. The summed E-state index contributed by atoms with van der Waals surface area (Å²) in [6.07, 6.45) is 0.259. The van der Waals surface area contributed by atoms with Gasteiger partial charge in [0.05, 0.1) is 18.2 Å². The second-order valence-electron chi connectivity index (χ2n) is 5.82. The van der Waals surface area contributed by atoms with E-state index in [-0.39, 0.29) is 24.8 Å². The molecular formula is C19H17ClN2O3. The van der Waals surface area contributed by atoms with Gasteiger partial charge in [-0.05, 0) is 23.3 Å². The first-order valence-electron chi connectivity index (χ1n) is 7.97. The minimum Gasteiger partial charge on any atom is -0.481 e. The topological polar surface area (TPSA) is 70.0 Å². The third-order valence-electron chi connectivity index (χ3n) is 4.06. The molecule has 5 nitrogen and oxygen atoms in total. The van der Waals surface area contributed by atoms with Gasteiger partial charge in [-0.1, -0.05) is 54.1 Å². The molecule has 0 radical (unpaired) electrons. The number of rotatable bonds is 5. The van der Waals surface area contributed by atoms with Gasteiger partial charge in [0.25, 0.3) is 0 Å². The normalized spacial score (nSPS) is 16.6. The van der Waals surface area contributed by atoms with Crippen molar-refractivity contribution >= 4 is 29.2 Å². The molecule has 1 amide bonds. The van der Waals surface area contributed by atoms with Crippen molar-refractivity contribution in [2.24, 2.45) is 5.10 Å². The first-order valence-corrected chi connectivity index (χ1v) is 8.34. The Hall–Kier alpha value is -2.66. The Morgan fingerprint density at radius 1 is 1.12 bits per heavy atom. The molecular weight excluding hydrogens is 340 g/mol. The Kier molecular flexibility index (Phi) is 5.14. The fraction of sp³-hybridized carbons (Fsp3) is 0.211. The Labute approximate surface area is 150 Å². The number of amides is 1. The molecule has 0 unspecified atom stereocenters. The van der Waals surface area contributed by atoms with Gasteiger partial charge in [0, 0.05) is 17.9 Å².